The van der Waals surface area contributed by atoms with Crippen LogP contribution in [-0.2, 0) is 9.53 Å². The highest BCUT2D eigenvalue weighted by Crippen LogP contribution is 2.31. The Kier molecular flexibility index (Phi) is 8.84. The molecule has 2 saturated heterocycles. The topological polar surface area (TPSA) is 58.6 Å². The molecule has 2 rings (SSSR count). The molecular weight excluding hydrogens is 316 g/mol. The first-order chi connectivity index (χ1) is 12.2. The van der Waals surface area contributed by atoms with Gasteiger partial charge in [0.15, 0.2) is 0 Å². The Bertz CT molecular complexity index is 462. The van der Waals surface area contributed by atoms with Gasteiger partial charge in [0, 0.05) is 19.2 Å². The number of cyclic esters (lactones) is 1. The van der Waals surface area contributed by atoms with E-state index in [2.05, 4.69) is 12.2 Å². The van der Waals surface area contributed by atoms with E-state index in [1.165, 1.54) is 57.4 Å². The van der Waals surface area contributed by atoms with E-state index in [1.54, 1.807) is 4.90 Å². The molecule has 0 spiro atoms. The van der Waals surface area contributed by atoms with Crippen molar-refractivity contribution >= 4 is 12.0 Å². The summed E-state index contributed by atoms with van der Waals surface area (Å²) in [4.78, 5) is 25.3. The third-order valence-corrected chi connectivity index (χ3v) is 5.12. The zero-order valence-corrected chi connectivity index (χ0v) is 15.7. The normalized spacial score (nSPS) is 20.8. The number of amides is 2. The molecule has 142 valence electrons. The summed E-state index contributed by atoms with van der Waals surface area (Å²) in [7, 11) is 0. The quantitative estimate of drug-likeness (QED) is 0.416. The van der Waals surface area contributed by atoms with Gasteiger partial charge >= 0.3 is 6.09 Å². The van der Waals surface area contributed by atoms with Crippen LogP contribution in [0.2, 0.25) is 0 Å². The highest BCUT2D eigenvalue weighted by atomic mass is 16.6. The number of carbonyl (C=O) groups is 2. The second-order valence-corrected chi connectivity index (χ2v) is 7.24. The van der Waals surface area contributed by atoms with Crippen molar-refractivity contribution in [3.8, 4) is 0 Å². The molecule has 0 unspecified atom stereocenters. The van der Waals surface area contributed by atoms with Gasteiger partial charge in [-0.25, -0.2) is 4.79 Å². The molecule has 0 radical (unpaired) electrons. The molecule has 2 aliphatic rings. The van der Waals surface area contributed by atoms with E-state index in [0.29, 0.717) is 12.3 Å². The predicted octanol–water partition coefficient (Wildman–Crippen LogP) is 4.52. The molecular formula is C20H34N2O3. The van der Waals surface area contributed by atoms with Crippen molar-refractivity contribution in [2.24, 2.45) is 0 Å². The third kappa shape index (κ3) is 6.71. The summed E-state index contributed by atoms with van der Waals surface area (Å²) in [5.41, 5.74) is 0. The second-order valence-electron chi connectivity index (χ2n) is 7.24. The van der Waals surface area contributed by atoms with Gasteiger partial charge in [-0.05, 0) is 19.3 Å². The van der Waals surface area contributed by atoms with Crippen molar-refractivity contribution in [1.82, 2.24) is 10.2 Å². The largest absolute Gasteiger partial charge is 0.415 e. The number of rotatable bonds is 12. The van der Waals surface area contributed by atoms with Gasteiger partial charge in [0.1, 0.15) is 5.76 Å². The summed E-state index contributed by atoms with van der Waals surface area (Å²) in [5.74, 6) is 0.371. The van der Waals surface area contributed by atoms with E-state index in [-0.39, 0.29) is 18.0 Å². The Morgan fingerprint density at radius 2 is 1.76 bits per heavy atom. The fourth-order valence-electron chi connectivity index (χ4n) is 3.64. The van der Waals surface area contributed by atoms with Crippen molar-refractivity contribution < 1.29 is 14.3 Å². The van der Waals surface area contributed by atoms with E-state index in [1.807, 2.05) is 0 Å². The van der Waals surface area contributed by atoms with Crippen molar-refractivity contribution in [2.45, 2.75) is 90.0 Å². The molecule has 5 heteroatoms. The van der Waals surface area contributed by atoms with E-state index in [0.717, 1.165) is 32.2 Å². The molecule has 25 heavy (non-hydrogen) atoms. The van der Waals surface area contributed by atoms with Crippen molar-refractivity contribution in [3.63, 3.8) is 0 Å². The van der Waals surface area contributed by atoms with Gasteiger partial charge in [0.2, 0.25) is 5.91 Å². The number of carbonyl (C=O) groups excluding carboxylic acids is 2. The lowest BCUT2D eigenvalue weighted by Gasteiger charge is -2.09. The van der Waals surface area contributed by atoms with Gasteiger partial charge in [0.05, 0.1) is 6.04 Å². The fourth-order valence-corrected chi connectivity index (χ4v) is 3.64. The number of hydrogen-bond acceptors (Lipinski definition) is 3. The molecule has 1 N–H and O–H groups in total. The van der Waals surface area contributed by atoms with Gasteiger partial charge in [-0.15, -0.1) is 0 Å². The standard InChI is InChI=1S/C20H34N2O3/c1-2-3-4-5-6-7-8-9-10-11-14-21-19(23)16-18-17-13-12-15-22(17)20(24)25-18/h16-17H,2-15H2,1H3,(H,21,23)/b18-16+/t17-/m0/s1. The van der Waals surface area contributed by atoms with Gasteiger partial charge in [-0.2, -0.15) is 0 Å². The molecule has 2 heterocycles. The Morgan fingerprint density at radius 1 is 1.12 bits per heavy atom. The number of nitrogens with one attached hydrogen (secondary N) is 1. The second kappa shape index (κ2) is 11.2. The molecule has 1 atom stereocenters. The lowest BCUT2D eigenvalue weighted by atomic mass is 10.1. The summed E-state index contributed by atoms with van der Waals surface area (Å²) in [6, 6.07) is -0.0180. The SMILES string of the molecule is CCCCCCCCCCCCNC(=O)/C=C1/OC(=O)N2CCC[C@@H]12. The molecule has 2 fully saturated rings. The molecule has 0 aromatic rings. The number of fused-ring (bicyclic) bond motifs is 1. The predicted molar refractivity (Wildman–Crippen MR) is 99.1 cm³/mol. The summed E-state index contributed by atoms with van der Waals surface area (Å²) in [5, 5.41) is 2.90. The maximum absolute atomic E-state index is 12.0. The smallest absolute Gasteiger partial charge is 0.412 e. The minimum Gasteiger partial charge on any atom is -0.412 e. The third-order valence-electron chi connectivity index (χ3n) is 5.12. The van der Waals surface area contributed by atoms with Crippen LogP contribution >= 0.6 is 0 Å². The van der Waals surface area contributed by atoms with Gasteiger partial charge in [-0.1, -0.05) is 64.7 Å². The van der Waals surface area contributed by atoms with E-state index in [4.69, 9.17) is 4.74 Å². The van der Waals surface area contributed by atoms with Crippen LogP contribution in [0.3, 0.4) is 0 Å². The minimum absolute atomic E-state index is 0.0180. The summed E-state index contributed by atoms with van der Waals surface area (Å²) >= 11 is 0. The average Bonchev–Trinajstić information content (AvgIpc) is 3.18. The van der Waals surface area contributed by atoms with Crippen LogP contribution in [-0.4, -0.2) is 36.0 Å². The lowest BCUT2D eigenvalue weighted by molar-refractivity contribution is -0.116. The van der Waals surface area contributed by atoms with Crippen LogP contribution in [0.1, 0.15) is 84.0 Å². The molecule has 2 amide bonds. The molecule has 0 bridgehead atoms. The Morgan fingerprint density at radius 3 is 2.44 bits per heavy atom. The van der Waals surface area contributed by atoms with Crippen molar-refractivity contribution in [3.05, 3.63) is 11.8 Å². The summed E-state index contributed by atoms with van der Waals surface area (Å²) < 4.78 is 5.19. The maximum Gasteiger partial charge on any atom is 0.415 e. The highest BCUT2D eigenvalue weighted by Gasteiger charge is 2.41. The first-order valence-electron chi connectivity index (χ1n) is 10.2. The monoisotopic (exact) mass is 350 g/mol. The van der Waals surface area contributed by atoms with E-state index in [9.17, 15) is 9.59 Å². The molecule has 0 aromatic carbocycles. The van der Waals surface area contributed by atoms with Crippen LogP contribution in [0, 0.1) is 0 Å². The van der Waals surface area contributed by atoms with E-state index < -0.39 is 0 Å². The molecule has 2 aliphatic heterocycles. The van der Waals surface area contributed by atoms with Crippen molar-refractivity contribution in [1.29, 1.82) is 0 Å². The Balaban J connectivity index is 1.48. The Labute approximate surface area is 152 Å². The van der Waals surface area contributed by atoms with Crippen molar-refractivity contribution in [2.75, 3.05) is 13.1 Å². The molecule has 0 aliphatic carbocycles. The zero-order chi connectivity index (χ0) is 17.9. The van der Waals surface area contributed by atoms with E-state index >= 15 is 0 Å². The average molecular weight is 351 g/mol. The number of ether oxygens (including phenoxy) is 1. The molecule has 0 saturated carbocycles. The number of nitrogens with zero attached hydrogens (tertiary/aromatic N) is 1. The van der Waals surface area contributed by atoms with Crippen LogP contribution in [0.4, 0.5) is 4.79 Å². The first kappa shape index (κ1) is 19.8. The first-order valence-corrected chi connectivity index (χ1v) is 10.2. The maximum atomic E-state index is 12.0. The summed E-state index contributed by atoms with van der Waals surface area (Å²) in [6.45, 7) is 3.68. The zero-order valence-electron chi connectivity index (χ0n) is 15.7. The highest BCUT2D eigenvalue weighted by molar-refractivity contribution is 5.89. The molecule has 5 nitrogen and oxygen atoms in total. The van der Waals surface area contributed by atoms with Gasteiger partial charge in [0.25, 0.3) is 0 Å². The number of hydrogen-bond donors (Lipinski definition) is 1. The van der Waals surface area contributed by atoms with Gasteiger partial charge < -0.3 is 10.1 Å². The summed E-state index contributed by atoms with van der Waals surface area (Å²) in [6.07, 6.45) is 15.9. The van der Waals surface area contributed by atoms with Crippen LogP contribution < -0.4 is 5.32 Å². The van der Waals surface area contributed by atoms with Crippen LogP contribution in [0.15, 0.2) is 11.8 Å². The minimum atomic E-state index is -0.309. The van der Waals surface area contributed by atoms with Crippen LogP contribution in [0.25, 0.3) is 0 Å². The number of unbranched alkanes of at least 4 members (excludes halogenated alkanes) is 9. The molecule has 0 aromatic heterocycles. The lowest BCUT2D eigenvalue weighted by Crippen LogP contribution is -2.27. The van der Waals surface area contributed by atoms with Crippen LogP contribution in [0.5, 0.6) is 0 Å². The Hall–Kier alpha value is -1.52. The fraction of sp³-hybridized carbons (Fsp3) is 0.800. The van der Waals surface area contributed by atoms with Gasteiger partial charge in [-0.3, -0.25) is 9.69 Å².